The Labute approximate surface area is 157 Å². The Morgan fingerprint density at radius 3 is 2.19 bits per heavy atom. The van der Waals surface area contributed by atoms with Crippen molar-refractivity contribution >= 4 is 11.8 Å². The molecule has 0 fully saturated rings. The van der Waals surface area contributed by atoms with Crippen LogP contribution in [0, 0.1) is 0 Å². The fourth-order valence-corrected chi connectivity index (χ4v) is 2.49. The predicted octanol–water partition coefficient (Wildman–Crippen LogP) is 2.40. The van der Waals surface area contributed by atoms with Crippen molar-refractivity contribution < 1.29 is 14.3 Å². The molecule has 0 radical (unpaired) electrons. The molecule has 0 aliphatic carbocycles. The summed E-state index contributed by atoms with van der Waals surface area (Å²) in [7, 11) is 0. The van der Waals surface area contributed by atoms with Crippen LogP contribution in [0.5, 0.6) is 5.75 Å². The summed E-state index contributed by atoms with van der Waals surface area (Å²) in [5.41, 5.74) is 1.56. The standard InChI is InChI=1S/C21H21N3O3/c25-20(16-27-19-6-2-1-3-7-19)22-12-13-23-21(26)17-8-10-18(11-9-17)24-14-4-5-15-24/h1-11,14-15H,12-13,16H2,(H,22,25)(H,23,26). The number of rotatable bonds is 8. The van der Waals surface area contributed by atoms with Crippen molar-refractivity contribution in [2.75, 3.05) is 19.7 Å². The molecule has 3 rings (SSSR count). The molecule has 6 heteroatoms. The minimum absolute atomic E-state index is 0.0567. The van der Waals surface area contributed by atoms with Crippen LogP contribution in [0.25, 0.3) is 5.69 Å². The molecule has 0 saturated carbocycles. The summed E-state index contributed by atoms with van der Waals surface area (Å²) < 4.78 is 7.32. The molecule has 2 N–H and O–H groups in total. The van der Waals surface area contributed by atoms with Crippen LogP contribution in [0.3, 0.4) is 0 Å². The highest BCUT2D eigenvalue weighted by Crippen LogP contribution is 2.10. The van der Waals surface area contributed by atoms with Gasteiger partial charge < -0.3 is 19.9 Å². The first-order chi connectivity index (χ1) is 13.2. The smallest absolute Gasteiger partial charge is 0.258 e. The average molecular weight is 363 g/mol. The third kappa shape index (κ3) is 5.47. The Kier molecular flexibility index (Phi) is 6.25. The highest BCUT2D eigenvalue weighted by molar-refractivity contribution is 5.94. The molecule has 27 heavy (non-hydrogen) atoms. The Balaban J connectivity index is 1.36. The highest BCUT2D eigenvalue weighted by Gasteiger charge is 2.06. The molecule has 6 nitrogen and oxygen atoms in total. The van der Waals surface area contributed by atoms with Crippen molar-refractivity contribution in [3.8, 4) is 11.4 Å². The summed E-state index contributed by atoms with van der Waals surface area (Å²) in [6, 6.07) is 20.3. The van der Waals surface area contributed by atoms with Gasteiger partial charge >= 0.3 is 0 Å². The van der Waals surface area contributed by atoms with Gasteiger partial charge in [-0.3, -0.25) is 9.59 Å². The number of carbonyl (C=O) groups is 2. The fraction of sp³-hybridized carbons (Fsp3) is 0.143. The van der Waals surface area contributed by atoms with E-state index in [1.54, 1.807) is 24.3 Å². The summed E-state index contributed by atoms with van der Waals surface area (Å²) in [5.74, 6) is 0.234. The largest absolute Gasteiger partial charge is 0.484 e. The highest BCUT2D eigenvalue weighted by atomic mass is 16.5. The monoisotopic (exact) mass is 363 g/mol. The fourth-order valence-electron chi connectivity index (χ4n) is 2.49. The van der Waals surface area contributed by atoms with Crippen LogP contribution < -0.4 is 15.4 Å². The number of hydrogen-bond acceptors (Lipinski definition) is 3. The second-order valence-corrected chi connectivity index (χ2v) is 5.84. The summed E-state index contributed by atoms with van der Waals surface area (Å²) in [4.78, 5) is 23.9. The van der Waals surface area contributed by atoms with Crippen molar-refractivity contribution in [3.05, 3.63) is 84.7 Å². The quantitative estimate of drug-likeness (QED) is 0.604. The number of para-hydroxylation sites is 1. The lowest BCUT2D eigenvalue weighted by Crippen LogP contribution is -2.36. The SMILES string of the molecule is O=C(COc1ccccc1)NCCNC(=O)c1ccc(-n2cccc2)cc1. The van der Waals surface area contributed by atoms with Gasteiger partial charge in [0, 0.05) is 36.7 Å². The lowest BCUT2D eigenvalue weighted by Gasteiger charge is -2.09. The number of ether oxygens (including phenoxy) is 1. The third-order valence-corrected chi connectivity index (χ3v) is 3.88. The van der Waals surface area contributed by atoms with E-state index in [2.05, 4.69) is 10.6 Å². The number of nitrogens with one attached hydrogen (secondary N) is 2. The molecule has 0 spiro atoms. The van der Waals surface area contributed by atoms with Crippen LogP contribution >= 0.6 is 0 Å². The molecule has 1 heterocycles. The lowest BCUT2D eigenvalue weighted by atomic mass is 10.2. The van der Waals surface area contributed by atoms with Crippen LogP contribution in [-0.4, -0.2) is 36.1 Å². The van der Waals surface area contributed by atoms with Gasteiger partial charge in [-0.1, -0.05) is 18.2 Å². The maximum atomic E-state index is 12.1. The number of benzene rings is 2. The van der Waals surface area contributed by atoms with Crippen molar-refractivity contribution in [1.29, 1.82) is 0 Å². The van der Waals surface area contributed by atoms with Gasteiger partial charge in [0.05, 0.1) is 0 Å². The van der Waals surface area contributed by atoms with Crippen molar-refractivity contribution in [1.82, 2.24) is 15.2 Å². The first-order valence-electron chi connectivity index (χ1n) is 8.68. The Bertz CT molecular complexity index is 859. The Morgan fingerprint density at radius 2 is 1.48 bits per heavy atom. The van der Waals surface area contributed by atoms with Gasteiger partial charge in [0.2, 0.25) is 0 Å². The molecule has 0 unspecified atom stereocenters. The molecule has 2 aromatic carbocycles. The van der Waals surface area contributed by atoms with Crippen LogP contribution in [0.4, 0.5) is 0 Å². The molecule has 0 aliphatic heterocycles. The molecule has 0 atom stereocenters. The van der Waals surface area contributed by atoms with Crippen LogP contribution in [0.15, 0.2) is 79.1 Å². The first kappa shape index (κ1) is 18.3. The number of nitrogens with zero attached hydrogens (tertiary/aromatic N) is 1. The zero-order valence-corrected chi connectivity index (χ0v) is 14.8. The van der Waals surface area contributed by atoms with Crippen LogP contribution in [-0.2, 0) is 4.79 Å². The van der Waals surface area contributed by atoms with E-state index in [1.807, 2.05) is 59.4 Å². The van der Waals surface area contributed by atoms with Gasteiger partial charge in [-0.15, -0.1) is 0 Å². The minimum atomic E-state index is -0.232. The lowest BCUT2D eigenvalue weighted by molar-refractivity contribution is -0.123. The molecular formula is C21H21N3O3. The second kappa shape index (κ2) is 9.24. The van der Waals surface area contributed by atoms with Gasteiger partial charge in [0.15, 0.2) is 6.61 Å². The number of hydrogen-bond donors (Lipinski definition) is 2. The van der Waals surface area contributed by atoms with E-state index in [0.29, 0.717) is 24.4 Å². The van der Waals surface area contributed by atoms with E-state index in [0.717, 1.165) is 5.69 Å². The Morgan fingerprint density at radius 1 is 0.815 bits per heavy atom. The molecule has 0 saturated heterocycles. The number of amides is 2. The van der Waals surface area contributed by atoms with Crippen molar-refractivity contribution in [2.24, 2.45) is 0 Å². The predicted molar refractivity (Wildman–Crippen MR) is 103 cm³/mol. The van der Waals surface area contributed by atoms with Gasteiger partial charge in [-0.05, 0) is 48.5 Å². The molecule has 2 amide bonds. The van der Waals surface area contributed by atoms with E-state index < -0.39 is 0 Å². The topological polar surface area (TPSA) is 72.4 Å². The zero-order chi connectivity index (χ0) is 18.9. The zero-order valence-electron chi connectivity index (χ0n) is 14.8. The summed E-state index contributed by atoms with van der Waals surface area (Å²) >= 11 is 0. The van der Waals surface area contributed by atoms with Gasteiger partial charge in [-0.25, -0.2) is 0 Å². The van der Waals surface area contributed by atoms with Crippen LogP contribution in [0.1, 0.15) is 10.4 Å². The van der Waals surface area contributed by atoms with E-state index >= 15 is 0 Å². The molecular weight excluding hydrogens is 342 g/mol. The van der Waals surface area contributed by atoms with E-state index in [9.17, 15) is 9.59 Å². The van der Waals surface area contributed by atoms with Crippen molar-refractivity contribution in [3.63, 3.8) is 0 Å². The summed E-state index contributed by atoms with van der Waals surface area (Å²) in [6.45, 7) is 0.623. The second-order valence-electron chi connectivity index (χ2n) is 5.84. The Hall–Kier alpha value is -3.54. The van der Waals surface area contributed by atoms with Gasteiger partial charge in [0.25, 0.3) is 11.8 Å². The van der Waals surface area contributed by atoms with E-state index in [4.69, 9.17) is 4.74 Å². The minimum Gasteiger partial charge on any atom is -0.484 e. The number of aromatic nitrogens is 1. The third-order valence-electron chi connectivity index (χ3n) is 3.88. The van der Waals surface area contributed by atoms with E-state index in [1.165, 1.54) is 0 Å². The normalized spacial score (nSPS) is 10.2. The van der Waals surface area contributed by atoms with E-state index in [-0.39, 0.29) is 18.4 Å². The first-order valence-corrected chi connectivity index (χ1v) is 8.68. The molecule has 1 aromatic heterocycles. The molecule has 0 aliphatic rings. The average Bonchev–Trinajstić information content (AvgIpc) is 3.25. The number of carbonyl (C=O) groups excluding carboxylic acids is 2. The van der Waals surface area contributed by atoms with Gasteiger partial charge in [-0.2, -0.15) is 0 Å². The molecule has 0 bridgehead atoms. The summed E-state index contributed by atoms with van der Waals surface area (Å²) in [5, 5.41) is 5.49. The maximum Gasteiger partial charge on any atom is 0.258 e. The summed E-state index contributed by atoms with van der Waals surface area (Å²) in [6.07, 6.45) is 3.89. The molecule has 3 aromatic rings. The maximum absolute atomic E-state index is 12.1. The van der Waals surface area contributed by atoms with Gasteiger partial charge in [0.1, 0.15) is 5.75 Å². The van der Waals surface area contributed by atoms with Crippen molar-refractivity contribution in [2.45, 2.75) is 0 Å². The molecule has 138 valence electrons. The van der Waals surface area contributed by atoms with Crippen LogP contribution in [0.2, 0.25) is 0 Å².